The van der Waals surface area contributed by atoms with Crippen LogP contribution in [-0.4, -0.2) is 33.5 Å². The summed E-state index contributed by atoms with van der Waals surface area (Å²) in [5.41, 5.74) is 3.73. The van der Waals surface area contributed by atoms with Crippen LogP contribution in [0, 0.1) is 0 Å². The molecule has 0 saturated heterocycles. The van der Waals surface area contributed by atoms with Crippen LogP contribution in [0.5, 0.6) is 0 Å². The second-order valence-corrected chi connectivity index (χ2v) is 12.0. The van der Waals surface area contributed by atoms with Crippen molar-refractivity contribution >= 4 is 14.0 Å². The summed E-state index contributed by atoms with van der Waals surface area (Å²) in [6.07, 6.45) is -0.0370. The number of rotatable bonds is 8. The molecule has 0 aromatic heterocycles. The summed E-state index contributed by atoms with van der Waals surface area (Å²) in [7, 11) is -1.58. The van der Waals surface area contributed by atoms with Gasteiger partial charge in [-0.05, 0) is 43.1 Å². The Labute approximate surface area is 133 Å². The molecule has 0 unspecified atom stereocenters. The molecule has 0 amide bonds. The zero-order chi connectivity index (χ0) is 17.1. The monoisotopic (exact) mass is 316 g/mol. The molecule has 126 valence electrons. The van der Waals surface area contributed by atoms with Crippen molar-refractivity contribution < 1.29 is 14.3 Å². The first-order valence-electron chi connectivity index (χ1n) is 8.15. The predicted octanol–water partition coefficient (Wildman–Crippen LogP) is 5.00. The van der Waals surface area contributed by atoms with Gasteiger partial charge in [0, 0.05) is 13.2 Å². The molecule has 0 bridgehead atoms. The fourth-order valence-electron chi connectivity index (χ4n) is 3.12. The van der Waals surface area contributed by atoms with E-state index in [2.05, 4.69) is 41.5 Å². The minimum Gasteiger partial charge on any atom is -0.353 e. The molecule has 0 heterocycles. The Morgan fingerprint density at radius 1 is 0.857 bits per heavy atom. The third-order valence-corrected chi connectivity index (χ3v) is 10.7. The van der Waals surface area contributed by atoms with Crippen molar-refractivity contribution in [1.29, 1.82) is 0 Å². The number of hydrogen-bond acceptors (Lipinski definition) is 3. The maximum atomic E-state index is 10.6. The van der Waals surface area contributed by atoms with Crippen LogP contribution in [0.1, 0.15) is 62.3 Å². The van der Waals surface area contributed by atoms with E-state index in [9.17, 15) is 4.79 Å². The van der Waals surface area contributed by atoms with Crippen LogP contribution in [0.15, 0.2) is 5.70 Å². The number of carbonyl (C=O) groups excluding carboxylic acids is 1. The van der Waals surface area contributed by atoms with E-state index >= 15 is 0 Å². The first kappa shape index (κ1) is 22.9. The van der Waals surface area contributed by atoms with Gasteiger partial charge in [0.25, 0.3) is 0 Å². The quantitative estimate of drug-likeness (QED) is 0.359. The molecule has 0 N–H and O–H groups in total. The lowest BCUT2D eigenvalue weighted by Gasteiger charge is -2.39. The molecular weight excluding hydrogens is 280 g/mol. The predicted molar refractivity (Wildman–Crippen MR) is 94.0 cm³/mol. The van der Waals surface area contributed by atoms with Gasteiger partial charge in [-0.3, -0.25) is 0 Å². The fraction of sp³-hybridized carbons (Fsp3) is 0.882. The van der Waals surface area contributed by atoms with E-state index in [0.29, 0.717) is 16.6 Å². The summed E-state index contributed by atoms with van der Waals surface area (Å²) >= 11 is 0. The molecule has 0 fully saturated rings. The smallest absolute Gasteiger partial charge is 0.154 e. The van der Waals surface area contributed by atoms with E-state index in [0.717, 1.165) is 13.2 Å². The zero-order valence-electron chi connectivity index (χ0n) is 15.5. The largest absolute Gasteiger partial charge is 0.353 e. The van der Waals surface area contributed by atoms with Gasteiger partial charge in [-0.1, -0.05) is 41.5 Å². The Hall–Kier alpha value is -0.413. The average molecular weight is 317 g/mol. The van der Waals surface area contributed by atoms with Gasteiger partial charge < -0.3 is 9.47 Å². The summed E-state index contributed by atoms with van der Waals surface area (Å²) in [5, 5.41) is 0. The normalized spacial score (nSPS) is 11.7. The third-order valence-electron chi connectivity index (χ3n) is 4.11. The van der Waals surface area contributed by atoms with Crippen LogP contribution in [0.25, 0.3) is 0 Å². The molecule has 4 heteroatoms. The highest BCUT2D eigenvalue weighted by molar-refractivity contribution is 6.88. The van der Waals surface area contributed by atoms with Gasteiger partial charge in [-0.15, -0.1) is 0 Å². The molecule has 0 radical (unpaired) electrons. The highest BCUT2D eigenvalue weighted by Crippen LogP contribution is 2.41. The van der Waals surface area contributed by atoms with E-state index in [1.165, 1.54) is 0 Å². The van der Waals surface area contributed by atoms with E-state index < -0.39 is 8.07 Å². The Morgan fingerprint density at radius 3 is 1.33 bits per heavy atom. The van der Waals surface area contributed by atoms with E-state index in [-0.39, 0.29) is 6.29 Å². The highest BCUT2D eigenvalue weighted by atomic mass is 28.3. The van der Waals surface area contributed by atoms with Gasteiger partial charge >= 0.3 is 0 Å². The van der Waals surface area contributed by atoms with E-state index in [1.54, 1.807) is 0 Å². The molecule has 0 saturated carbocycles. The maximum Gasteiger partial charge on any atom is 0.154 e. The standard InChI is InChI=1S/C11H22OSi.C6H14O2/c1-9(2)13(8-7-12,10(3)4)11(5)6;1-4-7-6(3)8-5-2/h8-11H,1-6H3;6H,4-5H2,1-3H3. The summed E-state index contributed by atoms with van der Waals surface area (Å²) in [5.74, 6) is 2.04. The first-order valence-corrected chi connectivity index (χ1v) is 10.5. The molecule has 0 aliphatic rings. The van der Waals surface area contributed by atoms with Crippen molar-refractivity contribution in [2.24, 2.45) is 0 Å². The van der Waals surface area contributed by atoms with Crippen LogP contribution in [0.2, 0.25) is 16.6 Å². The van der Waals surface area contributed by atoms with E-state index in [1.807, 2.05) is 32.4 Å². The topological polar surface area (TPSA) is 35.5 Å². The second-order valence-electron chi connectivity index (χ2n) is 6.20. The third kappa shape index (κ3) is 7.96. The van der Waals surface area contributed by atoms with Gasteiger partial charge in [0.2, 0.25) is 0 Å². The molecule has 0 aliphatic heterocycles. The van der Waals surface area contributed by atoms with Crippen molar-refractivity contribution in [3.63, 3.8) is 0 Å². The number of hydrogen-bond donors (Lipinski definition) is 0. The van der Waals surface area contributed by atoms with Gasteiger partial charge in [0.05, 0.1) is 8.07 Å². The first-order chi connectivity index (χ1) is 9.70. The van der Waals surface area contributed by atoms with Crippen LogP contribution >= 0.6 is 0 Å². The Balaban J connectivity index is 0. The molecule has 0 aliphatic carbocycles. The van der Waals surface area contributed by atoms with Gasteiger partial charge in [-0.2, -0.15) is 0 Å². The van der Waals surface area contributed by atoms with Crippen molar-refractivity contribution in [1.82, 2.24) is 0 Å². The Kier molecular flexibility index (Phi) is 13.2. The van der Waals surface area contributed by atoms with Crippen LogP contribution in [-0.2, 0) is 14.3 Å². The molecule has 21 heavy (non-hydrogen) atoms. The van der Waals surface area contributed by atoms with Gasteiger partial charge in [-0.25, -0.2) is 4.79 Å². The van der Waals surface area contributed by atoms with Crippen LogP contribution in [0.3, 0.4) is 0 Å². The van der Waals surface area contributed by atoms with Crippen molar-refractivity contribution in [2.45, 2.75) is 85.2 Å². The highest BCUT2D eigenvalue weighted by Gasteiger charge is 2.40. The van der Waals surface area contributed by atoms with Crippen molar-refractivity contribution in [3.05, 3.63) is 5.70 Å². The SMILES string of the molecule is CC(C)[Si](C=C=O)(C(C)C)C(C)C.CCOC(C)OCC. The Bertz CT molecular complexity index is 267. The maximum absolute atomic E-state index is 10.6. The van der Waals surface area contributed by atoms with Crippen molar-refractivity contribution in [3.8, 4) is 0 Å². The van der Waals surface area contributed by atoms with Gasteiger partial charge in [0.15, 0.2) is 6.29 Å². The fourth-order valence-corrected chi connectivity index (χ4v) is 8.32. The van der Waals surface area contributed by atoms with Crippen LogP contribution in [0.4, 0.5) is 0 Å². The zero-order valence-corrected chi connectivity index (χ0v) is 16.5. The second kappa shape index (κ2) is 12.2. The minimum absolute atomic E-state index is 0.0370. The van der Waals surface area contributed by atoms with Gasteiger partial charge in [0.1, 0.15) is 5.94 Å². The summed E-state index contributed by atoms with van der Waals surface area (Å²) in [6, 6.07) is 0. The lowest BCUT2D eigenvalue weighted by molar-refractivity contribution is -0.123. The average Bonchev–Trinajstić information content (AvgIpc) is 2.35. The molecule has 0 aromatic rings. The molecule has 0 aromatic carbocycles. The molecule has 0 rings (SSSR count). The van der Waals surface area contributed by atoms with Crippen LogP contribution < -0.4 is 0 Å². The van der Waals surface area contributed by atoms with Crippen molar-refractivity contribution in [2.75, 3.05) is 13.2 Å². The lowest BCUT2D eigenvalue weighted by atomic mass is 10.5. The number of ether oxygens (including phenoxy) is 2. The summed E-state index contributed by atoms with van der Waals surface area (Å²) < 4.78 is 10.1. The Morgan fingerprint density at radius 2 is 1.19 bits per heavy atom. The molecule has 0 spiro atoms. The minimum atomic E-state index is -1.58. The summed E-state index contributed by atoms with van der Waals surface area (Å²) in [4.78, 5) is 10.6. The lowest BCUT2D eigenvalue weighted by Crippen LogP contribution is -2.42. The molecular formula is C17H36O3Si. The summed E-state index contributed by atoms with van der Waals surface area (Å²) in [6.45, 7) is 20.7. The molecule has 0 atom stereocenters. The van der Waals surface area contributed by atoms with E-state index in [4.69, 9.17) is 9.47 Å². The molecule has 3 nitrogen and oxygen atoms in total.